The van der Waals surface area contributed by atoms with Crippen molar-refractivity contribution in [2.45, 2.75) is 19.3 Å². The van der Waals surface area contributed by atoms with Crippen LogP contribution in [0.4, 0.5) is 5.69 Å². The van der Waals surface area contributed by atoms with Crippen LogP contribution in [0, 0.1) is 0 Å². The van der Waals surface area contributed by atoms with Gasteiger partial charge in [-0.15, -0.1) is 0 Å². The van der Waals surface area contributed by atoms with Crippen LogP contribution < -0.4 is 5.73 Å². The lowest BCUT2D eigenvalue weighted by atomic mass is 10.1. The number of benzene rings is 1. The fraction of sp³-hybridized carbons (Fsp3) is 0.176. The number of aryl methyl sites for hydroxylation is 2. The van der Waals surface area contributed by atoms with Gasteiger partial charge >= 0.3 is 0 Å². The zero-order chi connectivity index (χ0) is 15.3. The number of ketones is 1. The van der Waals surface area contributed by atoms with E-state index in [1.54, 1.807) is 24.3 Å². The Kier molecular flexibility index (Phi) is 2.94. The molecule has 2 N–H and O–H groups in total. The van der Waals surface area contributed by atoms with Crippen molar-refractivity contribution in [1.29, 1.82) is 0 Å². The van der Waals surface area contributed by atoms with Gasteiger partial charge in [0.25, 0.3) is 0 Å². The average Bonchev–Trinajstić information content (AvgIpc) is 3.10. The summed E-state index contributed by atoms with van der Waals surface area (Å²) in [6.45, 7) is 0. The first-order valence-corrected chi connectivity index (χ1v) is 7.52. The minimum absolute atomic E-state index is 0.147. The van der Waals surface area contributed by atoms with Crippen LogP contribution in [0.1, 0.15) is 33.8 Å². The summed E-state index contributed by atoms with van der Waals surface area (Å²) in [5, 5.41) is 1.30. The molecule has 0 bridgehead atoms. The molecular weight excluding hydrogens is 300 g/mol. The molecule has 0 amide bonds. The summed E-state index contributed by atoms with van der Waals surface area (Å²) in [6.07, 6.45) is 3.06. The normalized spacial score (nSPS) is 13.5. The maximum absolute atomic E-state index is 12.6. The van der Waals surface area contributed by atoms with Gasteiger partial charge in [-0.05, 0) is 55.2 Å². The highest BCUT2D eigenvalue weighted by molar-refractivity contribution is 6.30. The largest absolute Gasteiger partial charge is 0.432 e. The van der Waals surface area contributed by atoms with Crippen molar-refractivity contribution in [2.75, 3.05) is 5.73 Å². The van der Waals surface area contributed by atoms with E-state index in [0.29, 0.717) is 22.0 Å². The average molecular weight is 313 g/mol. The number of carbonyl (C=O) groups is 1. The lowest BCUT2D eigenvalue weighted by Crippen LogP contribution is -2.02. The van der Waals surface area contributed by atoms with Crippen LogP contribution in [-0.2, 0) is 12.8 Å². The SMILES string of the molecule is Nc1c(C(=O)c2ccc(Cl)cc2)oc2nc3c(cc12)CCC3. The highest BCUT2D eigenvalue weighted by Crippen LogP contribution is 2.33. The van der Waals surface area contributed by atoms with E-state index >= 15 is 0 Å². The lowest BCUT2D eigenvalue weighted by molar-refractivity contribution is 0.101. The van der Waals surface area contributed by atoms with Crippen molar-refractivity contribution in [3.8, 4) is 0 Å². The first kappa shape index (κ1) is 13.3. The van der Waals surface area contributed by atoms with Gasteiger partial charge in [0.15, 0.2) is 0 Å². The summed E-state index contributed by atoms with van der Waals surface area (Å²) in [6, 6.07) is 8.65. The molecule has 1 aliphatic rings. The Labute approximate surface area is 131 Å². The molecule has 1 aromatic carbocycles. The second kappa shape index (κ2) is 4.85. The number of furan rings is 1. The number of pyridine rings is 1. The molecule has 110 valence electrons. The van der Waals surface area contributed by atoms with Crippen molar-refractivity contribution >= 4 is 34.2 Å². The number of nitrogens with two attached hydrogens (primary N) is 1. The van der Waals surface area contributed by atoms with Gasteiger partial charge in [-0.2, -0.15) is 0 Å². The topological polar surface area (TPSA) is 69.1 Å². The van der Waals surface area contributed by atoms with Crippen molar-refractivity contribution in [2.24, 2.45) is 0 Å². The molecule has 0 spiro atoms. The van der Waals surface area contributed by atoms with Crippen molar-refractivity contribution in [3.05, 3.63) is 57.9 Å². The maximum Gasteiger partial charge on any atom is 0.230 e. The molecule has 5 heteroatoms. The van der Waals surface area contributed by atoms with Crippen LogP contribution >= 0.6 is 11.6 Å². The molecule has 22 heavy (non-hydrogen) atoms. The molecule has 1 aliphatic carbocycles. The molecule has 0 radical (unpaired) electrons. The number of aromatic nitrogens is 1. The minimum atomic E-state index is -0.257. The molecule has 0 saturated carbocycles. The van der Waals surface area contributed by atoms with Crippen LogP contribution in [0.3, 0.4) is 0 Å². The van der Waals surface area contributed by atoms with E-state index < -0.39 is 0 Å². The van der Waals surface area contributed by atoms with E-state index in [1.807, 2.05) is 6.07 Å². The van der Waals surface area contributed by atoms with E-state index in [1.165, 1.54) is 5.56 Å². The molecule has 2 aromatic heterocycles. The summed E-state index contributed by atoms with van der Waals surface area (Å²) in [7, 11) is 0. The zero-order valence-electron chi connectivity index (χ0n) is 11.7. The molecular formula is C17H13ClN2O2. The molecule has 0 atom stereocenters. The van der Waals surface area contributed by atoms with E-state index in [9.17, 15) is 4.79 Å². The molecule has 0 aliphatic heterocycles. The fourth-order valence-electron chi connectivity index (χ4n) is 2.90. The number of anilines is 1. The monoisotopic (exact) mass is 312 g/mol. The molecule has 4 rings (SSSR count). The summed E-state index contributed by atoms with van der Waals surface area (Å²) in [4.78, 5) is 17.1. The Hall–Kier alpha value is -2.33. The van der Waals surface area contributed by atoms with Gasteiger partial charge in [0.1, 0.15) is 0 Å². The van der Waals surface area contributed by atoms with Gasteiger partial charge in [0, 0.05) is 16.3 Å². The Morgan fingerprint density at radius 3 is 2.77 bits per heavy atom. The second-order valence-electron chi connectivity index (χ2n) is 5.48. The smallest absolute Gasteiger partial charge is 0.230 e. The van der Waals surface area contributed by atoms with Gasteiger partial charge in [0.05, 0.1) is 11.1 Å². The summed E-state index contributed by atoms with van der Waals surface area (Å²) in [5.74, 6) is -0.110. The number of carbonyl (C=O) groups excluding carboxylic acids is 1. The number of fused-ring (bicyclic) bond motifs is 2. The van der Waals surface area contributed by atoms with Gasteiger partial charge in [-0.1, -0.05) is 11.6 Å². The molecule has 4 nitrogen and oxygen atoms in total. The van der Waals surface area contributed by atoms with Crippen LogP contribution in [0.15, 0.2) is 34.7 Å². The van der Waals surface area contributed by atoms with Gasteiger partial charge in [-0.25, -0.2) is 4.98 Å². The third kappa shape index (κ3) is 1.99. The van der Waals surface area contributed by atoms with E-state index in [-0.39, 0.29) is 11.5 Å². The van der Waals surface area contributed by atoms with Gasteiger partial charge < -0.3 is 10.2 Å². The van der Waals surface area contributed by atoms with Crippen LogP contribution in [-0.4, -0.2) is 10.8 Å². The minimum Gasteiger partial charge on any atom is -0.432 e. The molecule has 0 unspecified atom stereocenters. The Bertz CT molecular complexity index is 897. The number of halogens is 1. The summed E-state index contributed by atoms with van der Waals surface area (Å²) in [5.41, 5.74) is 9.66. The number of nitrogen functional groups attached to an aromatic ring is 1. The van der Waals surface area contributed by atoms with Crippen molar-refractivity contribution in [3.63, 3.8) is 0 Å². The number of hydrogen-bond donors (Lipinski definition) is 1. The maximum atomic E-state index is 12.6. The molecule has 0 fully saturated rings. The summed E-state index contributed by atoms with van der Waals surface area (Å²) >= 11 is 5.85. The lowest BCUT2D eigenvalue weighted by Gasteiger charge is -1.99. The number of rotatable bonds is 2. The van der Waals surface area contributed by atoms with Crippen molar-refractivity contribution in [1.82, 2.24) is 4.98 Å². The van der Waals surface area contributed by atoms with Crippen LogP contribution in [0.5, 0.6) is 0 Å². The van der Waals surface area contributed by atoms with Gasteiger partial charge in [-0.3, -0.25) is 4.79 Å². The third-order valence-corrected chi connectivity index (χ3v) is 4.31. The Balaban J connectivity index is 1.83. The standard InChI is InChI=1S/C17H13ClN2O2/c18-11-6-4-9(5-7-11)15(21)16-14(19)12-8-10-2-1-3-13(10)20-17(12)22-16/h4-8H,1-3,19H2. The zero-order valence-corrected chi connectivity index (χ0v) is 12.5. The summed E-state index contributed by atoms with van der Waals surface area (Å²) < 4.78 is 5.65. The van der Waals surface area contributed by atoms with Crippen LogP contribution in [0.2, 0.25) is 5.02 Å². The first-order valence-electron chi connectivity index (χ1n) is 7.14. The molecule has 2 heterocycles. The predicted octanol–water partition coefficient (Wildman–Crippen LogP) is 3.78. The third-order valence-electron chi connectivity index (χ3n) is 4.06. The fourth-order valence-corrected chi connectivity index (χ4v) is 3.02. The van der Waals surface area contributed by atoms with Crippen molar-refractivity contribution < 1.29 is 9.21 Å². The quantitative estimate of drug-likeness (QED) is 0.731. The molecule has 0 saturated heterocycles. The van der Waals surface area contributed by atoms with E-state index in [4.69, 9.17) is 21.8 Å². The Morgan fingerprint density at radius 2 is 2.00 bits per heavy atom. The van der Waals surface area contributed by atoms with Gasteiger partial charge in [0.2, 0.25) is 17.3 Å². The second-order valence-corrected chi connectivity index (χ2v) is 5.92. The number of nitrogens with zero attached hydrogens (tertiary/aromatic N) is 1. The highest BCUT2D eigenvalue weighted by atomic mass is 35.5. The van der Waals surface area contributed by atoms with E-state index in [0.717, 1.165) is 30.3 Å². The highest BCUT2D eigenvalue weighted by Gasteiger charge is 2.23. The predicted molar refractivity (Wildman–Crippen MR) is 85.3 cm³/mol. The Morgan fingerprint density at radius 1 is 1.23 bits per heavy atom. The molecule has 3 aromatic rings. The van der Waals surface area contributed by atoms with Crippen LogP contribution in [0.25, 0.3) is 11.1 Å². The van der Waals surface area contributed by atoms with E-state index in [2.05, 4.69) is 4.98 Å². The number of hydrogen-bond acceptors (Lipinski definition) is 4. The first-order chi connectivity index (χ1) is 10.6.